The van der Waals surface area contributed by atoms with Crippen molar-refractivity contribution in [2.45, 2.75) is 76.9 Å². The molecule has 1 aromatic heterocycles. The molecule has 0 unspecified atom stereocenters. The summed E-state index contributed by atoms with van der Waals surface area (Å²) >= 11 is 0. The van der Waals surface area contributed by atoms with Crippen LogP contribution in [0, 0.1) is 18.8 Å². The number of carbonyl (C=O) groups is 2. The molecule has 2 aromatic carbocycles. The van der Waals surface area contributed by atoms with Crippen LogP contribution in [0.3, 0.4) is 0 Å². The number of benzene rings is 2. The second kappa shape index (κ2) is 13.2. The number of Topliss-reactive ketones (excluding diaryl/α,β-unsaturated/α-hetero) is 2. The number of fused-ring (bicyclic) bond motifs is 4. The van der Waals surface area contributed by atoms with Gasteiger partial charge in [-0.25, -0.2) is 0 Å². The maximum Gasteiger partial charge on any atom is 0.373 e. The summed E-state index contributed by atoms with van der Waals surface area (Å²) < 4.78 is 24.9. The normalized spacial score (nSPS) is 23.0. The highest BCUT2D eigenvalue weighted by molar-refractivity contribution is 6.74. The number of ether oxygens (including phenoxy) is 2. The fourth-order valence-electron chi connectivity index (χ4n) is 7.31. The summed E-state index contributed by atoms with van der Waals surface area (Å²) in [6, 6.07) is 12.8. The molecule has 0 saturated heterocycles. The molecule has 1 heterocycles. The minimum absolute atomic E-state index is 0.0371. The number of aryl methyl sites for hydroxylation is 1. The van der Waals surface area contributed by atoms with Crippen LogP contribution in [-0.2, 0) is 31.8 Å². The molecule has 3 aliphatic carbocycles. The van der Waals surface area contributed by atoms with Gasteiger partial charge in [-0.2, -0.15) is 9.59 Å². The lowest BCUT2D eigenvalue weighted by Gasteiger charge is -2.55. The van der Waals surface area contributed by atoms with E-state index in [0.717, 1.165) is 16.7 Å². The SMILES string of the molecule is COc1ccc(C)c2c1C[C@H]1C[C@H]3[C@H](N(C)C)c4onc(OCc5ccccc5)c4C(=O)[C@@]3(O[Si](C)(C)C(C)(C)C)C(=O)C1=C2O.O=C=O. The quantitative estimate of drug-likeness (QED) is 0.221. The van der Waals surface area contributed by atoms with Crippen molar-refractivity contribution in [1.29, 1.82) is 0 Å². The molecule has 4 atom stereocenters. The molecule has 3 aliphatic rings. The van der Waals surface area contributed by atoms with Crippen LogP contribution in [0.4, 0.5) is 0 Å². The molecule has 0 bridgehead atoms. The number of hydrogen-bond acceptors (Lipinski definition) is 11. The lowest BCUT2D eigenvalue weighted by atomic mass is 9.57. The Morgan fingerprint density at radius 3 is 2.31 bits per heavy atom. The van der Waals surface area contributed by atoms with E-state index in [-0.39, 0.29) is 46.5 Å². The molecule has 0 radical (unpaired) electrons. The van der Waals surface area contributed by atoms with E-state index < -0.39 is 37.4 Å². The van der Waals surface area contributed by atoms with E-state index in [0.29, 0.717) is 29.9 Å². The number of methoxy groups -OCH3 is 1. The van der Waals surface area contributed by atoms with Gasteiger partial charge in [0.05, 0.1) is 13.2 Å². The molecule has 1 saturated carbocycles. The number of rotatable bonds is 7. The first-order valence-corrected chi connectivity index (χ1v) is 19.2. The number of ketones is 2. The Labute approximate surface area is 287 Å². The Hall–Kier alpha value is -4.35. The van der Waals surface area contributed by atoms with Crippen molar-refractivity contribution in [3.05, 3.63) is 81.6 Å². The van der Waals surface area contributed by atoms with Gasteiger partial charge < -0.3 is 23.5 Å². The van der Waals surface area contributed by atoms with E-state index in [1.165, 1.54) is 0 Å². The van der Waals surface area contributed by atoms with Crippen LogP contribution in [0.5, 0.6) is 11.6 Å². The van der Waals surface area contributed by atoms with Gasteiger partial charge in [-0.3, -0.25) is 14.5 Å². The van der Waals surface area contributed by atoms with E-state index >= 15 is 9.59 Å². The van der Waals surface area contributed by atoms with Crippen LogP contribution in [0.25, 0.3) is 5.76 Å². The van der Waals surface area contributed by atoms with Gasteiger partial charge in [0.1, 0.15) is 23.7 Å². The molecule has 260 valence electrons. The highest BCUT2D eigenvalue weighted by Gasteiger charge is 2.68. The maximum absolute atomic E-state index is 15.3. The summed E-state index contributed by atoms with van der Waals surface area (Å²) in [6.45, 7) is 12.4. The summed E-state index contributed by atoms with van der Waals surface area (Å²) in [7, 11) is 2.62. The summed E-state index contributed by atoms with van der Waals surface area (Å²) in [4.78, 5) is 48.7. The smallest absolute Gasteiger partial charge is 0.373 e. The van der Waals surface area contributed by atoms with Gasteiger partial charge in [-0.1, -0.05) is 57.2 Å². The van der Waals surface area contributed by atoms with Gasteiger partial charge in [0.2, 0.25) is 11.6 Å². The van der Waals surface area contributed by atoms with Crippen molar-refractivity contribution in [2.24, 2.45) is 11.8 Å². The molecule has 6 rings (SSSR count). The average Bonchev–Trinajstić information content (AvgIpc) is 3.45. The summed E-state index contributed by atoms with van der Waals surface area (Å²) in [5.41, 5.74) is 1.64. The van der Waals surface area contributed by atoms with Crippen LogP contribution in [0.2, 0.25) is 18.1 Å². The minimum Gasteiger partial charge on any atom is -0.507 e. The van der Waals surface area contributed by atoms with Gasteiger partial charge in [0.25, 0.3) is 5.88 Å². The third-order valence-electron chi connectivity index (χ3n) is 10.6. The van der Waals surface area contributed by atoms with Crippen molar-refractivity contribution in [3.63, 3.8) is 0 Å². The third kappa shape index (κ3) is 5.86. The first kappa shape index (κ1) is 35.9. The molecule has 0 aliphatic heterocycles. The summed E-state index contributed by atoms with van der Waals surface area (Å²) in [5.74, 6) is -1.01. The molecule has 3 aromatic rings. The topological polar surface area (TPSA) is 145 Å². The number of carbonyl (C=O) groups excluding carboxylic acids is 4. The molecule has 1 fully saturated rings. The van der Waals surface area contributed by atoms with Crippen LogP contribution < -0.4 is 9.47 Å². The Kier molecular flexibility index (Phi) is 9.66. The zero-order chi connectivity index (χ0) is 36.1. The first-order valence-electron chi connectivity index (χ1n) is 16.3. The Morgan fingerprint density at radius 2 is 1.71 bits per heavy atom. The molecular weight excluding hydrogens is 644 g/mol. The van der Waals surface area contributed by atoms with E-state index in [1.807, 2.05) is 81.5 Å². The van der Waals surface area contributed by atoms with Crippen molar-refractivity contribution in [2.75, 3.05) is 21.2 Å². The van der Waals surface area contributed by atoms with Crippen LogP contribution >= 0.6 is 0 Å². The Bertz CT molecular complexity index is 1830. The number of hydrogen-bond donors (Lipinski definition) is 1. The van der Waals surface area contributed by atoms with Crippen LogP contribution in [-0.4, -0.2) is 68.0 Å². The molecular formula is C37H44N2O9Si. The second-order valence-corrected chi connectivity index (χ2v) is 19.4. The maximum atomic E-state index is 15.3. The zero-order valence-electron chi connectivity index (χ0n) is 29.5. The Balaban J connectivity index is 0.00000151. The molecule has 12 heteroatoms. The summed E-state index contributed by atoms with van der Waals surface area (Å²) in [6.07, 6.45) is 1.15. The van der Waals surface area contributed by atoms with Gasteiger partial charge in [-0.05, 0) is 80.3 Å². The third-order valence-corrected chi connectivity index (χ3v) is 15.0. The van der Waals surface area contributed by atoms with Gasteiger partial charge in [0, 0.05) is 22.6 Å². The lowest BCUT2D eigenvalue weighted by Crippen LogP contribution is -2.68. The van der Waals surface area contributed by atoms with E-state index in [2.05, 4.69) is 25.9 Å². The average molecular weight is 689 g/mol. The number of aromatic nitrogens is 1. The standard InChI is InChI=1S/C36H44N2O7Si.CO2/c1-20-15-16-25(42-7)23-17-22-18-24-29(38(5)6)31-28(34(37-44-31)43-19-21-13-11-10-12-14-21)33(41)36(24,45-46(8,9)35(2,3)4)32(40)27(22)30(39)26(20)23;2-1-3/h10-16,22,24,29,39H,17-19H2,1-9H3;/t22-,24-,29-,36-;/m0./s1. The van der Waals surface area contributed by atoms with Gasteiger partial charge in [0.15, 0.2) is 19.7 Å². The van der Waals surface area contributed by atoms with E-state index in [4.69, 9.17) is 28.0 Å². The van der Waals surface area contributed by atoms with Gasteiger partial charge >= 0.3 is 6.15 Å². The minimum atomic E-state index is -2.80. The fourth-order valence-corrected chi connectivity index (χ4v) is 8.76. The van der Waals surface area contributed by atoms with Crippen molar-refractivity contribution in [3.8, 4) is 11.6 Å². The Morgan fingerprint density at radius 1 is 1.06 bits per heavy atom. The predicted octanol–water partition coefficient (Wildman–Crippen LogP) is 6.28. The fraction of sp³-hybridized carbons (Fsp3) is 0.459. The number of nitrogens with zero attached hydrogens (tertiary/aromatic N) is 2. The predicted molar refractivity (Wildman–Crippen MR) is 182 cm³/mol. The molecule has 49 heavy (non-hydrogen) atoms. The van der Waals surface area contributed by atoms with E-state index in [1.54, 1.807) is 7.11 Å². The van der Waals surface area contributed by atoms with Crippen molar-refractivity contribution >= 4 is 31.8 Å². The lowest BCUT2D eigenvalue weighted by molar-refractivity contribution is -0.191. The molecule has 0 spiro atoms. The van der Waals surface area contributed by atoms with Crippen LogP contribution in [0.1, 0.15) is 71.6 Å². The molecule has 0 amide bonds. The van der Waals surface area contributed by atoms with Crippen molar-refractivity contribution < 1.29 is 42.7 Å². The van der Waals surface area contributed by atoms with Gasteiger partial charge in [-0.15, -0.1) is 0 Å². The number of aliphatic hydroxyl groups is 1. The monoisotopic (exact) mass is 688 g/mol. The van der Waals surface area contributed by atoms with E-state index in [9.17, 15) is 5.11 Å². The summed E-state index contributed by atoms with van der Waals surface area (Å²) in [5, 5.41) is 15.9. The second-order valence-electron chi connectivity index (χ2n) is 14.7. The first-order chi connectivity index (χ1) is 23.0. The highest BCUT2D eigenvalue weighted by Crippen LogP contribution is 2.59. The van der Waals surface area contributed by atoms with Crippen molar-refractivity contribution in [1.82, 2.24) is 10.1 Å². The van der Waals surface area contributed by atoms with Crippen LogP contribution in [0.15, 0.2) is 52.6 Å². The number of aliphatic hydroxyl groups excluding tert-OH is 1. The largest absolute Gasteiger partial charge is 0.507 e. The highest BCUT2D eigenvalue weighted by atomic mass is 28.4. The molecule has 11 nitrogen and oxygen atoms in total. The zero-order valence-corrected chi connectivity index (χ0v) is 30.5. The molecule has 1 N–H and O–H groups in total.